The number of nitrogens with one attached hydrogen (secondary N) is 1. The quantitative estimate of drug-likeness (QED) is 0.922. The second kappa shape index (κ2) is 4.76. The van der Waals surface area contributed by atoms with Crippen LogP contribution in [0.5, 0.6) is 0 Å². The molecule has 0 aliphatic rings. The Kier molecular flexibility index (Phi) is 3.36. The number of thiophene rings is 1. The third-order valence-electron chi connectivity index (χ3n) is 1.98. The Bertz CT molecular complexity index is 524. The van der Waals surface area contributed by atoms with E-state index in [1.54, 1.807) is 18.3 Å². The van der Waals surface area contributed by atoms with E-state index in [9.17, 15) is 4.79 Å². The standard InChI is InChI=1S/C11H9BrN2OS/c1-7-4-9(2-3-13-7)14-11(15)8-5-10(12)16-6-8/h2-6H,1H3,(H,13,14,15). The number of amides is 1. The first-order chi connectivity index (χ1) is 7.65. The van der Waals surface area contributed by atoms with Crippen LogP contribution in [-0.4, -0.2) is 10.9 Å². The van der Waals surface area contributed by atoms with E-state index >= 15 is 0 Å². The molecule has 0 aliphatic heterocycles. The molecule has 82 valence electrons. The molecule has 0 bridgehead atoms. The van der Waals surface area contributed by atoms with Gasteiger partial charge < -0.3 is 5.32 Å². The highest BCUT2D eigenvalue weighted by Gasteiger charge is 2.08. The number of nitrogens with zero attached hydrogens (tertiary/aromatic N) is 1. The first-order valence-corrected chi connectivity index (χ1v) is 6.30. The lowest BCUT2D eigenvalue weighted by molar-refractivity contribution is 0.102. The lowest BCUT2D eigenvalue weighted by Crippen LogP contribution is -2.10. The molecule has 1 N–H and O–H groups in total. The van der Waals surface area contributed by atoms with Crippen molar-refractivity contribution in [2.24, 2.45) is 0 Å². The number of hydrogen-bond acceptors (Lipinski definition) is 3. The van der Waals surface area contributed by atoms with Crippen LogP contribution < -0.4 is 5.32 Å². The van der Waals surface area contributed by atoms with Crippen LogP contribution in [0, 0.1) is 6.92 Å². The van der Waals surface area contributed by atoms with Gasteiger partial charge in [-0.2, -0.15) is 0 Å². The van der Waals surface area contributed by atoms with E-state index in [4.69, 9.17) is 0 Å². The molecule has 1 amide bonds. The molecule has 2 aromatic rings. The van der Waals surface area contributed by atoms with Crippen LogP contribution in [0.15, 0.2) is 33.6 Å². The van der Waals surface area contributed by atoms with Crippen molar-refractivity contribution < 1.29 is 4.79 Å². The predicted octanol–water partition coefficient (Wildman–Crippen LogP) is 3.47. The summed E-state index contributed by atoms with van der Waals surface area (Å²) < 4.78 is 0.948. The summed E-state index contributed by atoms with van der Waals surface area (Å²) in [6, 6.07) is 5.40. The summed E-state index contributed by atoms with van der Waals surface area (Å²) in [5.41, 5.74) is 2.30. The fourth-order valence-corrected chi connectivity index (χ4v) is 2.39. The van der Waals surface area contributed by atoms with Gasteiger partial charge in [-0.25, -0.2) is 0 Å². The minimum Gasteiger partial charge on any atom is -0.322 e. The van der Waals surface area contributed by atoms with Crippen LogP contribution in [-0.2, 0) is 0 Å². The monoisotopic (exact) mass is 296 g/mol. The van der Waals surface area contributed by atoms with Crippen molar-refractivity contribution in [3.63, 3.8) is 0 Å². The summed E-state index contributed by atoms with van der Waals surface area (Å²) in [5, 5.41) is 4.63. The van der Waals surface area contributed by atoms with Gasteiger partial charge in [-0.1, -0.05) is 0 Å². The molecule has 0 unspecified atom stereocenters. The largest absolute Gasteiger partial charge is 0.322 e. The van der Waals surface area contributed by atoms with Gasteiger partial charge in [0.2, 0.25) is 0 Å². The molecular weight excluding hydrogens is 288 g/mol. The van der Waals surface area contributed by atoms with Crippen molar-refractivity contribution in [1.29, 1.82) is 0 Å². The highest BCUT2D eigenvalue weighted by atomic mass is 79.9. The molecule has 16 heavy (non-hydrogen) atoms. The minimum absolute atomic E-state index is 0.104. The summed E-state index contributed by atoms with van der Waals surface area (Å²) >= 11 is 4.82. The lowest BCUT2D eigenvalue weighted by Gasteiger charge is -2.03. The van der Waals surface area contributed by atoms with E-state index in [2.05, 4.69) is 26.2 Å². The maximum Gasteiger partial charge on any atom is 0.256 e. The number of rotatable bonds is 2. The Morgan fingerprint density at radius 1 is 1.50 bits per heavy atom. The maximum absolute atomic E-state index is 11.8. The molecule has 0 atom stereocenters. The zero-order chi connectivity index (χ0) is 11.5. The maximum atomic E-state index is 11.8. The second-order valence-electron chi connectivity index (χ2n) is 3.28. The van der Waals surface area contributed by atoms with E-state index in [1.165, 1.54) is 11.3 Å². The number of anilines is 1. The molecule has 2 aromatic heterocycles. The SMILES string of the molecule is Cc1cc(NC(=O)c2csc(Br)c2)ccn1. The van der Waals surface area contributed by atoms with E-state index in [-0.39, 0.29) is 5.91 Å². The summed E-state index contributed by atoms with van der Waals surface area (Å²) in [6.07, 6.45) is 1.68. The highest BCUT2D eigenvalue weighted by Crippen LogP contribution is 2.21. The lowest BCUT2D eigenvalue weighted by atomic mass is 10.3. The fourth-order valence-electron chi connectivity index (χ4n) is 1.26. The zero-order valence-corrected chi connectivity index (χ0v) is 10.9. The number of carbonyl (C=O) groups is 1. The van der Waals surface area contributed by atoms with Crippen LogP contribution in [0.3, 0.4) is 0 Å². The molecular formula is C11H9BrN2OS. The van der Waals surface area contributed by atoms with Crippen LogP contribution in [0.1, 0.15) is 16.1 Å². The topological polar surface area (TPSA) is 42.0 Å². The second-order valence-corrected chi connectivity index (χ2v) is 5.57. The zero-order valence-electron chi connectivity index (χ0n) is 8.53. The van der Waals surface area contributed by atoms with E-state index in [0.29, 0.717) is 5.56 Å². The Morgan fingerprint density at radius 2 is 2.31 bits per heavy atom. The molecule has 0 aliphatic carbocycles. The number of aryl methyl sites for hydroxylation is 1. The molecule has 0 spiro atoms. The Balaban J connectivity index is 2.13. The Labute approximate surface area is 106 Å². The van der Waals surface area contributed by atoms with Gasteiger partial charge in [-0.3, -0.25) is 9.78 Å². The Hall–Kier alpha value is -1.20. The number of hydrogen-bond donors (Lipinski definition) is 1. The minimum atomic E-state index is -0.104. The van der Waals surface area contributed by atoms with E-state index < -0.39 is 0 Å². The van der Waals surface area contributed by atoms with Gasteiger partial charge in [-0.15, -0.1) is 11.3 Å². The van der Waals surface area contributed by atoms with Gasteiger partial charge >= 0.3 is 0 Å². The van der Waals surface area contributed by atoms with Crippen molar-refractivity contribution in [3.8, 4) is 0 Å². The summed E-state index contributed by atoms with van der Waals surface area (Å²) in [6.45, 7) is 1.89. The van der Waals surface area contributed by atoms with Gasteiger partial charge in [0, 0.05) is 23.0 Å². The van der Waals surface area contributed by atoms with Gasteiger partial charge in [-0.05, 0) is 41.1 Å². The molecule has 5 heteroatoms. The van der Waals surface area contributed by atoms with Crippen molar-refractivity contribution in [1.82, 2.24) is 4.98 Å². The number of pyridine rings is 1. The van der Waals surface area contributed by atoms with E-state index in [0.717, 1.165) is 15.2 Å². The highest BCUT2D eigenvalue weighted by molar-refractivity contribution is 9.11. The van der Waals surface area contributed by atoms with Gasteiger partial charge in [0.1, 0.15) is 0 Å². The van der Waals surface area contributed by atoms with Gasteiger partial charge in [0.15, 0.2) is 0 Å². The molecule has 0 saturated carbocycles. The van der Waals surface area contributed by atoms with Crippen LogP contribution in [0.25, 0.3) is 0 Å². The normalized spacial score (nSPS) is 10.1. The molecule has 0 aromatic carbocycles. The van der Waals surface area contributed by atoms with Crippen LogP contribution >= 0.6 is 27.3 Å². The van der Waals surface area contributed by atoms with Gasteiger partial charge in [0.05, 0.1) is 9.35 Å². The van der Waals surface area contributed by atoms with Crippen LogP contribution in [0.2, 0.25) is 0 Å². The molecule has 0 saturated heterocycles. The summed E-state index contributed by atoms with van der Waals surface area (Å²) in [5.74, 6) is -0.104. The van der Waals surface area contributed by atoms with Crippen molar-refractivity contribution in [3.05, 3.63) is 44.8 Å². The number of aromatic nitrogens is 1. The summed E-state index contributed by atoms with van der Waals surface area (Å²) in [7, 11) is 0. The average molecular weight is 297 g/mol. The number of carbonyl (C=O) groups excluding carboxylic acids is 1. The third-order valence-corrected chi connectivity index (χ3v) is 3.49. The molecule has 2 heterocycles. The average Bonchev–Trinajstić information content (AvgIpc) is 2.65. The smallest absolute Gasteiger partial charge is 0.256 e. The predicted molar refractivity (Wildman–Crippen MR) is 68.9 cm³/mol. The molecule has 0 radical (unpaired) electrons. The summed E-state index contributed by atoms with van der Waals surface area (Å²) in [4.78, 5) is 15.9. The molecule has 0 fully saturated rings. The molecule has 3 nitrogen and oxygen atoms in total. The first kappa shape index (κ1) is 11.3. The third kappa shape index (κ3) is 2.68. The van der Waals surface area contributed by atoms with Crippen LogP contribution in [0.4, 0.5) is 5.69 Å². The van der Waals surface area contributed by atoms with E-state index in [1.807, 2.05) is 18.4 Å². The van der Waals surface area contributed by atoms with Crippen molar-refractivity contribution in [2.45, 2.75) is 6.92 Å². The molecule has 2 rings (SSSR count). The van der Waals surface area contributed by atoms with Crippen molar-refractivity contribution >= 4 is 38.9 Å². The van der Waals surface area contributed by atoms with Gasteiger partial charge in [0.25, 0.3) is 5.91 Å². The number of halogens is 1. The Morgan fingerprint density at radius 3 is 2.94 bits per heavy atom. The fraction of sp³-hybridized carbons (Fsp3) is 0.0909. The van der Waals surface area contributed by atoms with Crippen molar-refractivity contribution in [2.75, 3.05) is 5.32 Å². The first-order valence-electron chi connectivity index (χ1n) is 4.63.